The molecule has 1 N–H and O–H groups in total. The molecule has 2 rings (SSSR count). The number of aryl methyl sites for hydroxylation is 2. The minimum atomic E-state index is -3.95. The summed E-state index contributed by atoms with van der Waals surface area (Å²) in [7, 11) is -3.95. The van der Waals surface area contributed by atoms with Gasteiger partial charge in [0.2, 0.25) is 10.0 Å². The van der Waals surface area contributed by atoms with Crippen LogP contribution in [-0.4, -0.2) is 29.7 Å². The molecule has 0 aliphatic rings. The van der Waals surface area contributed by atoms with Crippen molar-refractivity contribution in [3.8, 4) is 0 Å². The van der Waals surface area contributed by atoms with Crippen molar-refractivity contribution < 1.29 is 13.3 Å². The molecule has 1 aromatic carbocycles. The second-order valence-corrected chi connectivity index (χ2v) is 6.84. The fourth-order valence-corrected chi connectivity index (χ4v) is 3.75. The zero-order chi connectivity index (χ0) is 17.0. The number of aromatic nitrogens is 2. The van der Waals surface area contributed by atoms with Crippen molar-refractivity contribution in [1.82, 2.24) is 14.5 Å². The molecule has 2 aromatic rings. The van der Waals surface area contributed by atoms with Crippen molar-refractivity contribution in [2.24, 2.45) is 0 Å². The number of nitrogens with one attached hydrogen (secondary N) is 1. The maximum absolute atomic E-state index is 12.5. The van der Waals surface area contributed by atoms with Crippen LogP contribution >= 0.6 is 0 Å². The number of nitro benzene ring substituents is 1. The number of sulfonamides is 1. The van der Waals surface area contributed by atoms with Gasteiger partial charge in [0.25, 0.3) is 5.69 Å². The van der Waals surface area contributed by atoms with Crippen LogP contribution in [0, 0.1) is 24.0 Å². The Bertz CT molecular complexity index is 800. The SMILES string of the molecule is Cc1ccc([N+](=O)[O-])c(S(=O)(=O)NCCCn2cccn2)c1C. The highest BCUT2D eigenvalue weighted by atomic mass is 32.2. The van der Waals surface area contributed by atoms with Crippen LogP contribution in [-0.2, 0) is 16.6 Å². The Hall–Kier alpha value is -2.26. The van der Waals surface area contributed by atoms with E-state index in [1.807, 2.05) is 0 Å². The molecule has 0 atom stereocenters. The quantitative estimate of drug-likeness (QED) is 0.470. The van der Waals surface area contributed by atoms with Gasteiger partial charge in [-0.15, -0.1) is 0 Å². The Balaban J connectivity index is 2.15. The Morgan fingerprint density at radius 3 is 2.70 bits per heavy atom. The van der Waals surface area contributed by atoms with Gasteiger partial charge < -0.3 is 0 Å². The van der Waals surface area contributed by atoms with E-state index < -0.39 is 20.6 Å². The predicted octanol–water partition coefficient (Wildman–Crippen LogP) is 1.78. The summed E-state index contributed by atoms with van der Waals surface area (Å²) in [4.78, 5) is 10.2. The average molecular weight is 338 g/mol. The van der Waals surface area contributed by atoms with Crippen LogP contribution in [0.2, 0.25) is 0 Å². The van der Waals surface area contributed by atoms with Crippen LogP contribution in [0.25, 0.3) is 0 Å². The van der Waals surface area contributed by atoms with E-state index in [2.05, 4.69) is 9.82 Å². The van der Waals surface area contributed by atoms with E-state index in [1.54, 1.807) is 43.1 Å². The topological polar surface area (TPSA) is 107 Å². The Morgan fingerprint density at radius 1 is 1.35 bits per heavy atom. The largest absolute Gasteiger partial charge is 0.289 e. The molecule has 0 unspecified atom stereocenters. The molecule has 8 nitrogen and oxygen atoms in total. The third kappa shape index (κ3) is 3.93. The lowest BCUT2D eigenvalue weighted by atomic mass is 10.1. The van der Waals surface area contributed by atoms with Gasteiger partial charge in [0.05, 0.1) is 4.92 Å². The molecular weight excluding hydrogens is 320 g/mol. The lowest BCUT2D eigenvalue weighted by Gasteiger charge is -2.11. The summed E-state index contributed by atoms with van der Waals surface area (Å²) >= 11 is 0. The summed E-state index contributed by atoms with van der Waals surface area (Å²) in [6.07, 6.45) is 3.95. The van der Waals surface area contributed by atoms with Gasteiger partial charge in [0.15, 0.2) is 4.90 Å². The van der Waals surface area contributed by atoms with E-state index in [1.165, 1.54) is 6.07 Å². The molecule has 0 saturated carbocycles. The number of nitro groups is 1. The fourth-order valence-electron chi connectivity index (χ4n) is 2.21. The number of benzene rings is 1. The van der Waals surface area contributed by atoms with E-state index in [0.29, 0.717) is 24.1 Å². The zero-order valence-electron chi connectivity index (χ0n) is 12.9. The molecule has 23 heavy (non-hydrogen) atoms. The van der Waals surface area contributed by atoms with E-state index >= 15 is 0 Å². The third-order valence-electron chi connectivity index (χ3n) is 3.54. The summed E-state index contributed by atoms with van der Waals surface area (Å²) in [6.45, 7) is 4.02. The van der Waals surface area contributed by atoms with Crippen LogP contribution < -0.4 is 4.72 Å². The lowest BCUT2D eigenvalue weighted by Crippen LogP contribution is -2.27. The monoisotopic (exact) mass is 338 g/mol. The van der Waals surface area contributed by atoms with Gasteiger partial charge in [-0.05, 0) is 37.5 Å². The van der Waals surface area contributed by atoms with Crippen LogP contribution in [0.4, 0.5) is 5.69 Å². The van der Waals surface area contributed by atoms with Crippen LogP contribution in [0.3, 0.4) is 0 Å². The van der Waals surface area contributed by atoms with Crippen molar-refractivity contribution in [3.63, 3.8) is 0 Å². The first-order chi connectivity index (χ1) is 10.8. The lowest BCUT2D eigenvalue weighted by molar-refractivity contribution is -0.387. The summed E-state index contributed by atoms with van der Waals surface area (Å²) in [5.74, 6) is 0. The summed E-state index contributed by atoms with van der Waals surface area (Å²) in [6, 6.07) is 4.55. The summed E-state index contributed by atoms with van der Waals surface area (Å²) in [5.41, 5.74) is 0.666. The van der Waals surface area contributed by atoms with Crippen LogP contribution in [0.5, 0.6) is 0 Å². The number of rotatable bonds is 7. The van der Waals surface area contributed by atoms with Crippen LogP contribution in [0.15, 0.2) is 35.5 Å². The molecule has 0 aliphatic heterocycles. The molecule has 1 aromatic heterocycles. The highest BCUT2D eigenvalue weighted by molar-refractivity contribution is 7.89. The van der Waals surface area contributed by atoms with Crippen molar-refractivity contribution in [1.29, 1.82) is 0 Å². The number of nitrogens with zero attached hydrogens (tertiary/aromatic N) is 3. The Kier molecular flexibility index (Phi) is 5.12. The number of hydrogen-bond acceptors (Lipinski definition) is 5. The van der Waals surface area contributed by atoms with Gasteiger partial charge in [-0.3, -0.25) is 14.8 Å². The Labute approximate surface area is 134 Å². The van der Waals surface area contributed by atoms with Gasteiger partial charge in [-0.1, -0.05) is 6.07 Å². The van der Waals surface area contributed by atoms with Gasteiger partial charge >= 0.3 is 0 Å². The second kappa shape index (κ2) is 6.88. The first kappa shape index (κ1) is 17.1. The van der Waals surface area contributed by atoms with Gasteiger partial charge in [-0.25, -0.2) is 13.1 Å². The maximum atomic E-state index is 12.5. The van der Waals surface area contributed by atoms with E-state index in [9.17, 15) is 18.5 Å². The predicted molar refractivity (Wildman–Crippen MR) is 84.6 cm³/mol. The summed E-state index contributed by atoms with van der Waals surface area (Å²) < 4.78 is 29.0. The van der Waals surface area contributed by atoms with Crippen molar-refractivity contribution in [2.45, 2.75) is 31.7 Å². The van der Waals surface area contributed by atoms with Crippen LogP contribution in [0.1, 0.15) is 17.5 Å². The minimum absolute atomic E-state index is 0.173. The van der Waals surface area contributed by atoms with E-state index in [-0.39, 0.29) is 11.4 Å². The van der Waals surface area contributed by atoms with Gasteiger partial charge in [0, 0.05) is 31.5 Å². The normalized spacial score (nSPS) is 11.6. The first-order valence-electron chi connectivity index (χ1n) is 7.04. The number of hydrogen-bond donors (Lipinski definition) is 1. The molecule has 0 radical (unpaired) electrons. The third-order valence-corrected chi connectivity index (χ3v) is 5.17. The van der Waals surface area contributed by atoms with Gasteiger partial charge in [-0.2, -0.15) is 5.10 Å². The first-order valence-corrected chi connectivity index (χ1v) is 8.53. The molecule has 1 heterocycles. The van der Waals surface area contributed by atoms with Crippen molar-refractivity contribution in [2.75, 3.05) is 6.54 Å². The van der Waals surface area contributed by atoms with E-state index in [4.69, 9.17) is 0 Å². The van der Waals surface area contributed by atoms with Gasteiger partial charge in [0.1, 0.15) is 0 Å². The second-order valence-electron chi connectivity index (χ2n) is 5.13. The van der Waals surface area contributed by atoms with Crippen molar-refractivity contribution >= 4 is 15.7 Å². The molecule has 0 saturated heterocycles. The minimum Gasteiger partial charge on any atom is -0.273 e. The highest BCUT2D eigenvalue weighted by Crippen LogP contribution is 2.29. The molecule has 0 fully saturated rings. The Morgan fingerprint density at radius 2 is 2.09 bits per heavy atom. The molecule has 0 spiro atoms. The summed E-state index contributed by atoms with van der Waals surface area (Å²) in [5, 5.41) is 15.1. The zero-order valence-corrected chi connectivity index (χ0v) is 13.7. The van der Waals surface area contributed by atoms with Crippen molar-refractivity contribution in [3.05, 3.63) is 51.8 Å². The molecule has 0 aliphatic carbocycles. The molecule has 124 valence electrons. The van der Waals surface area contributed by atoms with E-state index in [0.717, 1.165) is 0 Å². The highest BCUT2D eigenvalue weighted by Gasteiger charge is 2.28. The molecular formula is C14H18N4O4S. The maximum Gasteiger partial charge on any atom is 0.289 e. The smallest absolute Gasteiger partial charge is 0.273 e. The standard InChI is InChI=1S/C14H18N4O4S/c1-11-5-6-13(18(19)20)14(12(11)2)23(21,22)16-8-4-10-17-9-3-7-15-17/h3,5-7,9,16H,4,8,10H2,1-2H3. The molecule has 0 bridgehead atoms. The molecule has 0 amide bonds. The fraction of sp³-hybridized carbons (Fsp3) is 0.357. The average Bonchev–Trinajstić information content (AvgIpc) is 2.99. The molecule has 9 heteroatoms.